The monoisotopic (exact) mass is 570 g/mol. The Morgan fingerprint density at radius 3 is 2.30 bits per heavy atom. The third-order valence-corrected chi connectivity index (χ3v) is 7.72. The molecule has 2 aromatic carbocycles. The summed E-state index contributed by atoms with van der Waals surface area (Å²) in [5, 5.41) is 1.02. The predicted molar refractivity (Wildman–Crippen MR) is 153 cm³/mol. The number of carbonyl (C=O) groups excluding carboxylic acids is 1. The molecule has 0 saturated heterocycles. The van der Waals surface area contributed by atoms with Crippen molar-refractivity contribution in [2.24, 2.45) is 0 Å². The summed E-state index contributed by atoms with van der Waals surface area (Å²) in [4.78, 5) is 21.9. The van der Waals surface area contributed by atoms with Crippen molar-refractivity contribution in [1.82, 2.24) is 9.97 Å². The van der Waals surface area contributed by atoms with E-state index in [1.807, 2.05) is 31.2 Å². The van der Waals surface area contributed by atoms with Gasteiger partial charge in [-0.1, -0.05) is 45.0 Å². The average Bonchev–Trinajstić information content (AvgIpc) is 3.24. The van der Waals surface area contributed by atoms with Gasteiger partial charge >= 0.3 is 12.1 Å². The molecule has 4 rings (SSSR count). The first-order chi connectivity index (χ1) is 18.8. The molecule has 2 aromatic heterocycles. The second-order valence-electron chi connectivity index (χ2n) is 10.5. The van der Waals surface area contributed by atoms with Crippen molar-refractivity contribution in [2.45, 2.75) is 62.8 Å². The van der Waals surface area contributed by atoms with Gasteiger partial charge in [0.15, 0.2) is 0 Å². The van der Waals surface area contributed by atoms with Gasteiger partial charge in [-0.2, -0.15) is 13.2 Å². The van der Waals surface area contributed by atoms with Crippen molar-refractivity contribution in [3.63, 3.8) is 0 Å². The molecule has 0 saturated carbocycles. The van der Waals surface area contributed by atoms with E-state index >= 15 is 0 Å². The number of aryl methyl sites for hydroxylation is 1. The second-order valence-corrected chi connectivity index (χ2v) is 12.4. The fourth-order valence-electron chi connectivity index (χ4n) is 4.63. The fourth-order valence-corrected chi connectivity index (χ4v) is 5.91. The molecule has 0 radical (unpaired) electrons. The van der Waals surface area contributed by atoms with Crippen molar-refractivity contribution in [3.05, 3.63) is 77.1 Å². The van der Waals surface area contributed by atoms with Crippen LogP contribution in [0.15, 0.2) is 59.6 Å². The van der Waals surface area contributed by atoms with E-state index in [9.17, 15) is 18.0 Å². The molecule has 4 aromatic rings. The number of H-pyrrole nitrogens is 1. The topological polar surface area (TPSA) is 64.2 Å². The molecule has 0 amide bonds. The summed E-state index contributed by atoms with van der Waals surface area (Å²) < 4.78 is 49.7. The molecule has 1 N–H and O–H groups in total. The van der Waals surface area contributed by atoms with Crippen molar-refractivity contribution >= 4 is 28.6 Å². The van der Waals surface area contributed by atoms with Crippen molar-refractivity contribution in [2.75, 3.05) is 13.7 Å². The van der Waals surface area contributed by atoms with Crippen molar-refractivity contribution in [1.29, 1.82) is 0 Å². The molecule has 1 atom stereocenters. The largest absolute Gasteiger partial charge is 0.496 e. The van der Waals surface area contributed by atoms with Crippen LogP contribution in [0.4, 0.5) is 13.2 Å². The maximum Gasteiger partial charge on any atom is 0.417 e. The Kier molecular flexibility index (Phi) is 8.54. The summed E-state index contributed by atoms with van der Waals surface area (Å²) in [6, 6.07) is 13.6. The number of esters is 1. The number of pyridine rings is 1. The molecule has 212 valence electrons. The number of aromatic amines is 1. The molecule has 0 spiro atoms. The highest BCUT2D eigenvalue weighted by molar-refractivity contribution is 8.00. The zero-order valence-corrected chi connectivity index (χ0v) is 24.2. The van der Waals surface area contributed by atoms with Crippen LogP contribution < -0.4 is 4.74 Å². The average molecular weight is 571 g/mol. The minimum absolute atomic E-state index is 0.130. The number of aromatic nitrogens is 2. The van der Waals surface area contributed by atoms with Crippen LogP contribution in [0, 0.1) is 6.92 Å². The third kappa shape index (κ3) is 6.46. The van der Waals surface area contributed by atoms with Gasteiger partial charge in [-0.15, -0.1) is 11.8 Å². The van der Waals surface area contributed by atoms with Crippen LogP contribution in [-0.2, 0) is 22.1 Å². The van der Waals surface area contributed by atoms with E-state index in [4.69, 9.17) is 9.47 Å². The van der Waals surface area contributed by atoms with Crippen LogP contribution in [0.2, 0.25) is 0 Å². The summed E-state index contributed by atoms with van der Waals surface area (Å²) in [6.45, 7) is 10.4. The molecule has 9 heteroatoms. The molecule has 0 aliphatic carbocycles. The molecule has 40 heavy (non-hydrogen) atoms. The zero-order valence-electron chi connectivity index (χ0n) is 23.4. The number of hydrogen-bond acceptors (Lipinski definition) is 5. The number of hydrogen-bond donors (Lipinski definition) is 1. The lowest BCUT2D eigenvalue weighted by Crippen LogP contribution is -2.20. The van der Waals surface area contributed by atoms with E-state index in [1.54, 1.807) is 37.9 Å². The lowest BCUT2D eigenvalue weighted by molar-refractivity contribution is -0.145. The summed E-state index contributed by atoms with van der Waals surface area (Å²) in [7, 11) is 1.64. The van der Waals surface area contributed by atoms with Crippen LogP contribution >= 0.6 is 11.8 Å². The second kappa shape index (κ2) is 11.6. The predicted octanol–water partition coefficient (Wildman–Crippen LogP) is 8.35. The normalized spacial score (nSPS) is 12.9. The highest BCUT2D eigenvalue weighted by Gasteiger charge is 2.32. The number of fused-ring (bicyclic) bond motifs is 1. The summed E-state index contributed by atoms with van der Waals surface area (Å²) in [5.41, 5.74) is 3.91. The smallest absolute Gasteiger partial charge is 0.417 e. The van der Waals surface area contributed by atoms with Gasteiger partial charge in [0.1, 0.15) is 11.7 Å². The van der Waals surface area contributed by atoms with Gasteiger partial charge in [0, 0.05) is 43.6 Å². The number of rotatable bonds is 8. The first-order valence-corrected chi connectivity index (χ1v) is 13.8. The number of thioether (sulfide) groups is 1. The number of halogens is 3. The number of methoxy groups -OCH3 is 1. The van der Waals surface area contributed by atoms with Crippen LogP contribution in [0.5, 0.6) is 5.75 Å². The zero-order chi connectivity index (χ0) is 29.2. The quantitative estimate of drug-likeness (QED) is 0.170. The molecule has 5 nitrogen and oxygen atoms in total. The van der Waals surface area contributed by atoms with E-state index in [1.165, 1.54) is 6.07 Å². The number of nitrogens with one attached hydrogen (secondary N) is 1. The third-order valence-electron chi connectivity index (χ3n) is 6.48. The van der Waals surface area contributed by atoms with Gasteiger partial charge in [0.25, 0.3) is 0 Å². The number of alkyl halides is 3. The van der Waals surface area contributed by atoms with E-state index < -0.39 is 17.7 Å². The minimum Gasteiger partial charge on any atom is -0.496 e. The Morgan fingerprint density at radius 1 is 1.05 bits per heavy atom. The highest BCUT2D eigenvalue weighted by atomic mass is 32.2. The molecule has 1 unspecified atom stereocenters. The SMILES string of the molecule is CCOC(=O)C(Cc1ccc(-c2ccc(C(F)(F)F)cn2)cc1)c1[nH]c2ccc(OC)c(C)c2c1SC(C)(C)C. The molecule has 2 heterocycles. The number of carbonyl (C=O) groups is 1. The van der Waals surface area contributed by atoms with Gasteiger partial charge < -0.3 is 14.5 Å². The van der Waals surface area contributed by atoms with Gasteiger partial charge in [-0.3, -0.25) is 9.78 Å². The van der Waals surface area contributed by atoms with Crippen molar-refractivity contribution < 1.29 is 27.4 Å². The first-order valence-electron chi connectivity index (χ1n) is 13.0. The number of nitrogens with zero attached hydrogens (tertiary/aromatic N) is 1. The Labute approximate surface area is 236 Å². The van der Waals surface area contributed by atoms with Crippen LogP contribution in [-0.4, -0.2) is 34.4 Å². The standard InChI is InChI=1S/C31H33F3N2O3S/c1-7-39-29(37)22(16-19-8-10-20(11-9-19)23-13-12-21(17-35-23)31(32,33)34)27-28(40-30(3,4)5)26-18(2)25(38-6)15-14-24(26)36-27/h8-15,17,22,36H,7,16H2,1-6H3. The van der Waals surface area contributed by atoms with Crippen LogP contribution in [0.25, 0.3) is 22.2 Å². The van der Waals surface area contributed by atoms with Gasteiger partial charge in [-0.25, -0.2) is 0 Å². The Balaban J connectivity index is 1.73. The minimum atomic E-state index is -4.44. The molecule has 0 bridgehead atoms. The Morgan fingerprint density at radius 2 is 1.75 bits per heavy atom. The summed E-state index contributed by atoms with van der Waals surface area (Å²) in [5.74, 6) is -0.158. The number of benzene rings is 2. The van der Waals surface area contributed by atoms with Crippen molar-refractivity contribution in [3.8, 4) is 17.0 Å². The van der Waals surface area contributed by atoms with Crippen LogP contribution in [0.3, 0.4) is 0 Å². The Hall–Kier alpha value is -3.46. The summed E-state index contributed by atoms with van der Waals surface area (Å²) in [6.07, 6.45) is -3.23. The first kappa shape index (κ1) is 29.5. The fraction of sp³-hybridized carbons (Fsp3) is 0.355. The lowest BCUT2D eigenvalue weighted by Gasteiger charge is -2.22. The van der Waals surface area contributed by atoms with Gasteiger partial charge in [0.2, 0.25) is 0 Å². The molecule has 0 aliphatic rings. The van der Waals surface area contributed by atoms with E-state index in [2.05, 4.69) is 30.7 Å². The van der Waals surface area contributed by atoms with E-state index in [0.29, 0.717) is 17.7 Å². The molecule has 0 fully saturated rings. The summed E-state index contributed by atoms with van der Waals surface area (Å²) >= 11 is 1.69. The molecule has 0 aliphatic heterocycles. The van der Waals surface area contributed by atoms with Gasteiger partial charge in [-0.05, 0) is 50.1 Å². The van der Waals surface area contributed by atoms with E-state index in [0.717, 1.165) is 50.6 Å². The molecular weight excluding hydrogens is 537 g/mol. The highest BCUT2D eigenvalue weighted by Crippen LogP contribution is 2.45. The maximum absolute atomic E-state index is 13.4. The molecular formula is C31H33F3N2O3S. The lowest BCUT2D eigenvalue weighted by atomic mass is 9.94. The van der Waals surface area contributed by atoms with Gasteiger partial charge in [0.05, 0.1) is 25.0 Å². The van der Waals surface area contributed by atoms with Crippen LogP contribution in [0.1, 0.15) is 56.0 Å². The number of ether oxygens (including phenoxy) is 2. The van der Waals surface area contributed by atoms with E-state index in [-0.39, 0.29) is 17.3 Å². The maximum atomic E-state index is 13.4. The Bertz CT molecular complexity index is 1490.